The number of benzene rings is 2. The third-order valence-corrected chi connectivity index (χ3v) is 8.35. The molecule has 0 unspecified atom stereocenters. The van der Waals surface area contributed by atoms with Crippen LogP contribution in [0.3, 0.4) is 0 Å². The lowest BCUT2D eigenvalue weighted by atomic mass is 9.83. The van der Waals surface area contributed by atoms with Crippen LogP contribution < -0.4 is 10.9 Å². The Balaban J connectivity index is 1.45. The second kappa shape index (κ2) is 7.82. The maximum Gasteiger partial charge on any atom is 0.261 e. The fraction of sp³-hybridized carbons (Fsp3) is 0.259. The van der Waals surface area contributed by atoms with E-state index in [2.05, 4.69) is 49.8 Å². The molecule has 2 bridgehead atoms. The molecule has 5 aromatic rings. The number of thiophene rings is 1. The fourth-order valence-electron chi connectivity index (χ4n) is 5.65. The number of hydrogen-bond donors (Lipinski definition) is 3. The first-order valence-electron chi connectivity index (χ1n) is 11.9. The largest absolute Gasteiger partial charge is 0.379 e. The highest BCUT2D eigenvalue weighted by atomic mass is 32.1. The number of pyridine rings is 1. The molecule has 7 heteroatoms. The lowest BCUT2D eigenvalue weighted by molar-refractivity contribution is 0.0976. The molecule has 6 nitrogen and oxygen atoms in total. The lowest BCUT2D eigenvalue weighted by Gasteiger charge is -2.45. The average molecular weight is 468 g/mol. The number of H-pyrrole nitrogens is 2. The molecule has 3 aliphatic rings. The molecule has 3 saturated heterocycles. The first-order valence-corrected chi connectivity index (χ1v) is 12.8. The summed E-state index contributed by atoms with van der Waals surface area (Å²) in [6.07, 6.45) is 2.42. The summed E-state index contributed by atoms with van der Waals surface area (Å²) < 4.78 is 0. The van der Waals surface area contributed by atoms with Gasteiger partial charge in [-0.15, -0.1) is 11.3 Å². The number of rotatable bonds is 4. The number of para-hydroxylation sites is 2. The summed E-state index contributed by atoms with van der Waals surface area (Å²) in [5.74, 6) is 1.23. The number of aromatic amines is 2. The third kappa shape index (κ3) is 3.27. The van der Waals surface area contributed by atoms with E-state index in [4.69, 9.17) is 4.98 Å². The van der Waals surface area contributed by atoms with Gasteiger partial charge in [0, 0.05) is 22.8 Å². The molecule has 2 aromatic carbocycles. The Kier molecular flexibility index (Phi) is 4.60. The van der Waals surface area contributed by atoms with Crippen molar-refractivity contribution in [3.05, 3.63) is 70.3 Å². The van der Waals surface area contributed by atoms with Gasteiger partial charge in [-0.2, -0.15) is 0 Å². The van der Waals surface area contributed by atoms with Crippen LogP contribution in [0.15, 0.2) is 64.8 Å². The minimum absolute atomic E-state index is 0.126. The number of fused-ring (bicyclic) bond motifs is 5. The first-order chi connectivity index (χ1) is 16.7. The quantitative estimate of drug-likeness (QED) is 0.335. The standard InChI is InChI=1S/C27H25N5OS/c33-27-24(26-29-20-4-1-2-5-21(20)30-26)25(28-22-15-32-11-9-16(22)10-12-32)18-14-17(7-8-19(18)31-27)23-6-3-13-34-23/h1-8,13-14,16,22H,9-12,15H2,(H,29,30)(H2,28,31,33)/t22-/m1/s1. The van der Waals surface area contributed by atoms with Crippen molar-refractivity contribution in [1.29, 1.82) is 0 Å². The van der Waals surface area contributed by atoms with Crippen LogP contribution >= 0.6 is 11.3 Å². The smallest absolute Gasteiger partial charge is 0.261 e. The molecule has 170 valence electrons. The highest BCUT2D eigenvalue weighted by Crippen LogP contribution is 2.37. The molecule has 3 fully saturated rings. The second-order valence-corrected chi connectivity index (χ2v) is 10.4. The van der Waals surface area contributed by atoms with Crippen LogP contribution in [0.2, 0.25) is 0 Å². The zero-order valence-electron chi connectivity index (χ0n) is 18.7. The monoisotopic (exact) mass is 467 g/mol. The molecule has 6 heterocycles. The molecule has 3 aliphatic heterocycles. The van der Waals surface area contributed by atoms with Crippen molar-refractivity contribution in [3.8, 4) is 21.8 Å². The van der Waals surface area contributed by atoms with E-state index in [-0.39, 0.29) is 5.56 Å². The van der Waals surface area contributed by atoms with Crippen molar-refractivity contribution in [3.63, 3.8) is 0 Å². The normalized spacial score (nSPS) is 21.9. The zero-order valence-corrected chi connectivity index (χ0v) is 19.5. The van der Waals surface area contributed by atoms with E-state index >= 15 is 0 Å². The van der Waals surface area contributed by atoms with Gasteiger partial charge in [0.05, 0.1) is 22.2 Å². The van der Waals surface area contributed by atoms with Crippen molar-refractivity contribution in [1.82, 2.24) is 19.9 Å². The number of nitrogens with one attached hydrogen (secondary N) is 3. The Labute approximate surface area is 200 Å². The maximum atomic E-state index is 13.5. The minimum Gasteiger partial charge on any atom is -0.379 e. The third-order valence-electron chi connectivity index (χ3n) is 7.43. The summed E-state index contributed by atoms with van der Waals surface area (Å²) in [5, 5.41) is 6.98. The predicted octanol–water partition coefficient (Wildman–Crippen LogP) is 5.31. The molecule has 0 spiro atoms. The fourth-order valence-corrected chi connectivity index (χ4v) is 6.37. The Morgan fingerprint density at radius 3 is 2.65 bits per heavy atom. The Morgan fingerprint density at radius 1 is 1.00 bits per heavy atom. The summed E-state index contributed by atoms with van der Waals surface area (Å²) in [6.45, 7) is 3.37. The number of anilines is 1. The van der Waals surface area contributed by atoms with Crippen molar-refractivity contribution < 1.29 is 0 Å². The van der Waals surface area contributed by atoms with Gasteiger partial charge >= 0.3 is 0 Å². The van der Waals surface area contributed by atoms with Crippen molar-refractivity contribution in [2.45, 2.75) is 18.9 Å². The van der Waals surface area contributed by atoms with E-state index in [1.807, 2.05) is 30.3 Å². The molecule has 8 rings (SSSR count). The molecule has 0 amide bonds. The minimum atomic E-state index is -0.126. The van der Waals surface area contributed by atoms with Gasteiger partial charge in [0.2, 0.25) is 0 Å². The van der Waals surface area contributed by atoms with E-state index in [1.165, 1.54) is 30.8 Å². The number of hydrogen-bond acceptors (Lipinski definition) is 5. The number of piperidine rings is 3. The van der Waals surface area contributed by atoms with Gasteiger partial charge in [-0.3, -0.25) is 4.79 Å². The number of nitrogens with zero attached hydrogens (tertiary/aromatic N) is 2. The Morgan fingerprint density at radius 2 is 1.88 bits per heavy atom. The molecular formula is C27H25N5OS. The molecule has 0 saturated carbocycles. The highest BCUT2D eigenvalue weighted by Gasteiger charge is 2.35. The summed E-state index contributed by atoms with van der Waals surface area (Å²) in [6, 6.07) is 18.8. The van der Waals surface area contributed by atoms with Gasteiger partial charge in [0.25, 0.3) is 5.56 Å². The van der Waals surface area contributed by atoms with Gasteiger partial charge in [0.1, 0.15) is 11.4 Å². The maximum absolute atomic E-state index is 13.5. The van der Waals surface area contributed by atoms with Crippen molar-refractivity contribution >= 4 is 39.0 Å². The predicted molar refractivity (Wildman–Crippen MR) is 140 cm³/mol. The van der Waals surface area contributed by atoms with Crippen LogP contribution in [0.4, 0.5) is 5.69 Å². The number of imidazole rings is 1. The van der Waals surface area contributed by atoms with Crippen LogP contribution in [0.25, 0.3) is 43.8 Å². The van der Waals surface area contributed by atoms with Crippen LogP contribution in [0.5, 0.6) is 0 Å². The first kappa shape index (κ1) is 20.0. The summed E-state index contributed by atoms with van der Waals surface area (Å²) in [5.41, 5.74) is 5.13. The molecule has 3 aromatic heterocycles. The highest BCUT2D eigenvalue weighted by molar-refractivity contribution is 7.13. The van der Waals surface area contributed by atoms with Crippen LogP contribution in [0.1, 0.15) is 12.8 Å². The van der Waals surface area contributed by atoms with Crippen LogP contribution in [0, 0.1) is 5.92 Å². The van der Waals surface area contributed by atoms with Gasteiger partial charge < -0.3 is 20.2 Å². The topological polar surface area (TPSA) is 76.8 Å². The Bertz CT molecular complexity index is 1530. The van der Waals surface area contributed by atoms with Crippen molar-refractivity contribution in [2.75, 3.05) is 25.0 Å². The van der Waals surface area contributed by atoms with Gasteiger partial charge in [0.15, 0.2) is 0 Å². The summed E-state index contributed by atoms with van der Waals surface area (Å²) in [4.78, 5) is 28.5. The summed E-state index contributed by atoms with van der Waals surface area (Å²) in [7, 11) is 0. The van der Waals surface area contributed by atoms with E-state index in [1.54, 1.807) is 11.3 Å². The van der Waals surface area contributed by atoms with E-state index < -0.39 is 0 Å². The molecule has 34 heavy (non-hydrogen) atoms. The van der Waals surface area contributed by atoms with E-state index in [0.717, 1.165) is 39.7 Å². The zero-order chi connectivity index (χ0) is 22.6. The van der Waals surface area contributed by atoms with Crippen molar-refractivity contribution in [2.24, 2.45) is 5.92 Å². The van der Waals surface area contributed by atoms with Gasteiger partial charge in [-0.1, -0.05) is 24.3 Å². The summed E-state index contributed by atoms with van der Waals surface area (Å²) >= 11 is 1.73. The van der Waals surface area contributed by atoms with Crippen LogP contribution in [-0.2, 0) is 0 Å². The lowest BCUT2D eigenvalue weighted by Crippen LogP contribution is -2.53. The number of aromatic nitrogens is 3. The molecule has 0 aliphatic carbocycles. The molecule has 0 radical (unpaired) electrons. The van der Waals surface area contributed by atoms with Gasteiger partial charge in [-0.25, -0.2) is 4.98 Å². The molecule has 1 atom stereocenters. The van der Waals surface area contributed by atoms with E-state index in [9.17, 15) is 4.79 Å². The second-order valence-electron chi connectivity index (χ2n) is 9.43. The van der Waals surface area contributed by atoms with Crippen LogP contribution in [-0.4, -0.2) is 45.5 Å². The SMILES string of the molecule is O=c1[nH]c2ccc(-c3cccs3)cc2c(N[C@@H]2CN3CCC2CC3)c1-c1nc2ccccc2[nH]1. The van der Waals surface area contributed by atoms with E-state index in [0.29, 0.717) is 23.3 Å². The average Bonchev–Trinajstić information content (AvgIpc) is 3.55. The molecule has 3 N–H and O–H groups in total. The Hall–Kier alpha value is -3.42. The molecular weight excluding hydrogens is 442 g/mol. The van der Waals surface area contributed by atoms with Gasteiger partial charge in [-0.05, 0) is 73.1 Å².